The lowest BCUT2D eigenvalue weighted by Crippen LogP contribution is -2.62. The quantitative estimate of drug-likeness (QED) is 0.561. The largest absolute Gasteiger partial charge is 0.398 e. The van der Waals surface area contributed by atoms with Gasteiger partial charge in [0.25, 0.3) is 17.7 Å². The predicted octanol–water partition coefficient (Wildman–Crippen LogP) is 0.0601. The van der Waals surface area contributed by atoms with E-state index in [1.165, 1.54) is 18.2 Å². The fourth-order valence-corrected chi connectivity index (χ4v) is 2.57. The molecular formula is C14H13N3O4. The molecule has 1 saturated heterocycles. The maximum Gasteiger partial charge on any atom is 0.264 e. The molecule has 3 N–H and O–H groups in total. The Kier molecular flexibility index (Phi) is 1.99. The van der Waals surface area contributed by atoms with Gasteiger partial charge in [0.15, 0.2) is 0 Å². The molecule has 2 heterocycles. The molecule has 7 heteroatoms. The minimum absolute atomic E-state index is 0.0151. The molecule has 0 unspecified atom stereocenters. The summed E-state index contributed by atoms with van der Waals surface area (Å²) in [7, 11) is 0. The van der Waals surface area contributed by atoms with Gasteiger partial charge in [-0.1, -0.05) is 6.07 Å². The van der Waals surface area contributed by atoms with E-state index in [1.54, 1.807) is 0 Å². The van der Waals surface area contributed by atoms with E-state index in [0.29, 0.717) is 4.90 Å². The second-order valence-corrected chi connectivity index (χ2v) is 4.95. The van der Waals surface area contributed by atoms with E-state index in [2.05, 4.69) is 0 Å². The first-order valence-corrected chi connectivity index (χ1v) is 6.23. The number of anilines is 1. The van der Waals surface area contributed by atoms with Gasteiger partial charge >= 0.3 is 0 Å². The van der Waals surface area contributed by atoms with Crippen molar-refractivity contribution in [3.63, 3.8) is 0 Å². The smallest absolute Gasteiger partial charge is 0.264 e. The van der Waals surface area contributed by atoms with Crippen LogP contribution in [0, 0.1) is 0 Å². The standard InChI is InChI=1S/C14H13N3O4/c1-14(6-5-9(18)16-13(14)21)17-11(19)7-3-2-4-8(15)10(7)12(17)20/h2-4H,5-6,15H2,1H3,(H,16,18,21)/t14-/m1/s1/i1D3. The number of nitrogens with two attached hydrogens (primary N) is 1. The number of rotatable bonds is 1. The number of hydrogen-bond donors (Lipinski definition) is 2. The van der Waals surface area contributed by atoms with Gasteiger partial charge in [-0.15, -0.1) is 0 Å². The summed E-state index contributed by atoms with van der Waals surface area (Å²) in [6.45, 7) is -3.01. The van der Waals surface area contributed by atoms with Crippen LogP contribution >= 0.6 is 0 Å². The fraction of sp³-hybridized carbons (Fsp3) is 0.286. The lowest BCUT2D eigenvalue weighted by Gasteiger charge is -2.38. The first-order valence-electron chi connectivity index (χ1n) is 7.73. The average molecular weight is 290 g/mol. The second kappa shape index (κ2) is 4.15. The van der Waals surface area contributed by atoms with Crippen LogP contribution in [0.15, 0.2) is 18.2 Å². The van der Waals surface area contributed by atoms with Crippen LogP contribution in [-0.4, -0.2) is 34.1 Å². The van der Waals surface area contributed by atoms with Crippen molar-refractivity contribution in [1.29, 1.82) is 0 Å². The third-order valence-corrected chi connectivity index (χ3v) is 3.67. The summed E-state index contributed by atoms with van der Waals surface area (Å²) >= 11 is 0. The highest BCUT2D eigenvalue weighted by Crippen LogP contribution is 2.35. The van der Waals surface area contributed by atoms with Crippen molar-refractivity contribution in [2.45, 2.75) is 25.2 Å². The highest BCUT2D eigenvalue weighted by Gasteiger charge is 2.53. The molecule has 7 nitrogen and oxygen atoms in total. The van der Waals surface area contributed by atoms with Gasteiger partial charge < -0.3 is 5.73 Å². The SMILES string of the molecule is [2H]C([2H])([2H])[C@@]1(N2C(=O)c3cccc(N)c3C2=O)CCC(=O)NC1=O. The van der Waals surface area contributed by atoms with E-state index in [1.807, 2.05) is 5.32 Å². The van der Waals surface area contributed by atoms with Gasteiger partial charge in [0, 0.05) is 16.2 Å². The van der Waals surface area contributed by atoms with Gasteiger partial charge in [-0.25, -0.2) is 0 Å². The van der Waals surface area contributed by atoms with Crippen LogP contribution in [0.25, 0.3) is 0 Å². The Morgan fingerprint density at radius 1 is 1.29 bits per heavy atom. The molecule has 0 radical (unpaired) electrons. The van der Waals surface area contributed by atoms with Gasteiger partial charge in [-0.2, -0.15) is 0 Å². The molecule has 0 spiro atoms. The van der Waals surface area contributed by atoms with Crippen molar-refractivity contribution in [2.24, 2.45) is 0 Å². The minimum atomic E-state index is -3.01. The molecule has 2 aliphatic heterocycles. The molecule has 1 fully saturated rings. The zero-order chi connectivity index (χ0) is 17.9. The van der Waals surface area contributed by atoms with Gasteiger partial charge in [0.1, 0.15) is 5.54 Å². The number of nitrogens with one attached hydrogen (secondary N) is 1. The zero-order valence-corrected chi connectivity index (χ0v) is 10.8. The Hall–Kier alpha value is -2.70. The first-order chi connectivity index (χ1) is 11.1. The summed E-state index contributed by atoms with van der Waals surface area (Å²) < 4.78 is 23.3. The molecule has 0 bridgehead atoms. The number of benzene rings is 1. The van der Waals surface area contributed by atoms with E-state index < -0.39 is 42.4 Å². The maximum atomic E-state index is 12.7. The van der Waals surface area contributed by atoms with Crippen LogP contribution in [0.1, 0.15) is 44.5 Å². The van der Waals surface area contributed by atoms with Gasteiger partial charge in [-0.05, 0) is 25.4 Å². The minimum Gasteiger partial charge on any atom is -0.398 e. The summed E-state index contributed by atoms with van der Waals surface area (Å²) in [5.74, 6) is -3.71. The summed E-state index contributed by atoms with van der Waals surface area (Å²) in [6, 6.07) is 4.19. The molecule has 4 amide bonds. The number of carbonyl (C=O) groups excluding carboxylic acids is 4. The Balaban J connectivity index is 2.20. The molecule has 21 heavy (non-hydrogen) atoms. The molecule has 108 valence electrons. The topological polar surface area (TPSA) is 110 Å². The molecule has 1 aromatic rings. The van der Waals surface area contributed by atoms with Crippen LogP contribution in [-0.2, 0) is 9.59 Å². The van der Waals surface area contributed by atoms with E-state index in [0.717, 1.165) is 0 Å². The number of hydrogen-bond acceptors (Lipinski definition) is 5. The van der Waals surface area contributed by atoms with Crippen molar-refractivity contribution in [2.75, 3.05) is 5.73 Å². The van der Waals surface area contributed by atoms with Crippen molar-refractivity contribution >= 4 is 29.3 Å². The van der Waals surface area contributed by atoms with Crippen molar-refractivity contribution < 1.29 is 23.3 Å². The maximum absolute atomic E-state index is 12.7. The summed E-state index contributed by atoms with van der Waals surface area (Å²) in [5.41, 5.74) is 3.11. The number of carbonyl (C=O) groups is 4. The Morgan fingerprint density at radius 3 is 2.67 bits per heavy atom. The highest BCUT2D eigenvalue weighted by atomic mass is 16.2. The lowest BCUT2D eigenvalue weighted by atomic mass is 9.89. The second-order valence-electron chi connectivity index (χ2n) is 4.95. The molecule has 2 aliphatic rings. The van der Waals surface area contributed by atoms with Crippen LogP contribution < -0.4 is 11.1 Å². The van der Waals surface area contributed by atoms with E-state index in [9.17, 15) is 19.2 Å². The van der Waals surface area contributed by atoms with Crippen molar-refractivity contribution in [1.82, 2.24) is 10.2 Å². The van der Waals surface area contributed by atoms with Crippen LogP contribution in [0.4, 0.5) is 5.69 Å². The zero-order valence-electron chi connectivity index (χ0n) is 13.8. The molecular weight excluding hydrogens is 274 g/mol. The number of amides is 4. The van der Waals surface area contributed by atoms with Gasteiger partial charge in [0.05, 0.1) is 11.1 Å². The fourth-order valence-electron chi connectivity index (χ4n) is 2.57. The average Bonchev–Trinajstić information content (AvgIpc) is 2.72. The van der Waals surface area contributed by atoms with Crippen LogP contribution in [0.2, 0.25) is 0 Å². The monoisotopic (exact) mass is 290 g/mol. The summed E-state index contributed by atoms with van der Waals surface area (Å²) in [6.07, 6.45) is -0.771. The third kappa shape index (κ3) is 1.67. The number of piperidine rings is 1. The number of nitrogens with zero attached hydrogens (tertiary/aromatic N) is 1. The molecule has 0 saturated carbocycles. The lowest BCUT2D eigenvalue weighted by molar-refractivity contribution is -0.140. The predicted molar refractivity (Wildman–Crippen MR) is 72.1 cm³/mol. The number of imide groups is 2. The van der Waals surface area contributed by atoms with E-state index >= 15 is 0 Å². The third-order valence-electron chi connectivity index (χ3n) is 3.67. The molecule has 1 aromatic carbocycles. The number of nitrogen functional groups attached to an aromatic ring is 1. The van der Waals surface area contributed by atoms with E-state index in [4.69, 9.17) is 9.85 Å². The molecule has 1 atom stereocenters. The highest BCUT2D eigenvalue weighted by molar-refractivity contribution is 6.26. The Labute approximate surface area is 124 Å². The molecule has 0 aliphatic carbocycles. The number of fused-ring (bicyclic) bond motifs is 1. The van der Waals surface area contributed by atoms with E-state index in [-0.39, 0.29) is 23.2 Å². The van der Waals surface area contributed by atoms with Crippen LogP contribution in [0.5, 0.6) is 0 Å². The normalized spacial score (nSPS) is 27.8. The molecule has 0 aromatic heterocycles. The first kappa shape index (κ1) is 10.1. The molecule has 3 rings (SSSR count). The Bertz CT molecular complexity index is 805. The van der Waals surface area contributed by atoms with Crippen molar-refractivity contribution in [3.8, 4) is 0 Å². The summed E-state index contributed by atoms with van der Waals surface area (Å²) in [4.78, 5) is 49.7. The Morgan fingerprint density at radius 2 is 2.05 bits per heavy atom. The van der Waals surface area contributed by atoms with Crippen molar-refractivity contribution in [3.05, 3.63) is 29.3 Å². The van der Waals surface area contributed by atoms with Gasteiger partial charge in [-0.3, -0.25) is 29.4 Å². The van der Waals surface area contributed by atoms with Gasteiger partial charge in [0.2, 0.25) is 5.91 Å². The van der Waals surface area contributed by atoms with Crippen LogP contribution in [0.3, 0.4) is 0 Å². The summed E-state index contributed by atoms with van der Waals surface area (Å²) in [5, 5.41) is 1.92.